The lowest BCUT2D eigenvalue weighted by molar-refractivity contribution is -0.128. The Bertz CT molecular complexity index is 1070. The number of benzene rings is 2. The molecule has 0 spiro atoms. The van der Waals surface area contributed by atoms with Crippen molar-refractivity contribution in [1.29, 1.82) is 0 Å². The monoisotopic (exact) mass is 452 g/mol. The number of thioether (sulfide) groups is 1. The zero-order valence-electron chi connectivity index (χ0n) is 18.7. The fourth-order valence-electron chi connectivity index (χ4n) is 3.59. The first-order valence-corrected chi connectivity index (χ1v) is 11.7. The molecule has 0 radical (unpaired) electrons. The van der Waals surface area contributed by atoms with E-state index < -0.39 is 0 Å². The number of aromatic nitrogens is 3. The van der Waals surface area contributed by atoms with Crippen molar-refractivity contribution in [2.45, 2.75) is 37.4 Å². The Kier molecular flexibility index (Phi) is 6.99. The van der Waals surface area contributed by atoms with Crippen LogP contribution in [0.3, 0.4) is 0 Å². The fraction of sp³-hybridized carbons (Fsp3) is 0.375. The molecule has 4 rings (SSSR count). The lowest BCUT2D eigenvalue weighted by Crippen LogP contribution is -2.31. The predicted molar refractivity (Wildman–Crippen MR) is 125 cm³/mol. The molecule has 2 aromatic carbocycles. The average molecular weight is 453 g/mol. The zero-order chi connectivity index (χ0) is 22.5. The summed E-state index contributed by atoms with van der Waals surface area (Å²) in [6.45, 7) is 3.11. The predicted octanol–water partition coefficient (Wildman–Crippen LogP) is 4.30. The second kappa shape index (κ2) is 10.1. The van der Waals surface area contributed by atoms with Crippen molar-refractivity contribution in [2.75, 3.05) is 26.5 Å². The van der Waals surface area contributed by atoms with Crippen LogP contribution in [0.25, 0.3) is 5.69 Å². The first kappa shape index (κ1) is 22.2. The van der Waals surface area contributed by atoms with Gasteiger partial charge >= 0.3 is 0 Å². The minimum Gasteiger partial charge on any atom is -0.493 e. The van der Waals surface area contributed by atoms with Gasteiger partial charge in [-0.2, -0.15) is 0 Å². The molecule has 0 atom stereocenters. The van der Waals surface area contributed by atoms with Gasteiger partial charge in [-0.3, -0.25) is 9.36 Å². The highest BCUT2D eigenvalue weighted by molar-refractivity contribution is 7.99. The maximum atomic E-state index is 13.0. The van der Waals surface area contributed by atoms with Crippen molar-refractivity contribution in [3.8, 4) is 17.2 Å². The standard InChI is InChI=1S/C24H28N4O3S/c1-4-27(15-17-10-13-20(30-2)21(14-17)31-3)22(29)16-32-24-26-25-23(18-11-12-18)28(24)19-8-6-5-7-9-19/h5-10,13-14,18H,4,11-12,15-16H2,1-3H3. The number of amides is 1. The Balaban J connectivity index is 1.46. The highest BCUT2D eigenvalue weighted by atomic mass is 32.2. The summed E-state index contributed by atoms with van der Waals surface area (Å²) in [6.07, 6.45) is 2.28. The minimum absolute atomic E-state index is 0.0582. The smallest absolute Gasteiger partial charge is 0.233 e. The van der Waals surface area contributed by atoms with Crippen LogP contribution in [0.5, 0.6) is 11.5 Å². The van der Waals surface area contributed by atoms with E-state index in [9.17, 15) is 4.79 Å². The molecule has 168 valence electrons. The van der Waals surface area contributed by atoms with Crippen LogP contribution in [0, 0.1) is 0 Å². The van der Waals surface area contributed by atoms with Gasteiger partial charge in [-0.15, -0.1) is 10.2 Å². The number of hydrogen-bond donors (Lipinski definition) is 0. The third kappa shape index (κ3) is 4.91. The van der Waals surface area contributed by atoms with Gasteiger partial charge in [-0.25, -0.2) is 0 Å². The average Bonchev–Trinajstić information content (AvgIpc) is 3.60. The Labute approximate surface area is 192 Å². The number of carbonyl (C=O) groups is 1. The van der Waals surface area contributed by atoms with Gasteiger partial charge in [0.15, 0.2) is 16.7 Å². The van der Waals surface area contributed by atoms with Crippen molar-refractivity contribution < 1.29 is 14.3 Å². The van der Waals surface area contributed by atoms with Crippen LogP contribution in [-0.2, 0) is 11.3 Å². The van der Waals surface area contributed by atoms with Gasteiger partial charge < -0.3 is 14.4 Å². The van der Waals surface area contributed by atoms with Crippen LogP contribution in [0.2, 0.25) is 0 Å². The molecule has 0 saturated heterocycles. The van der Waals surface area contributed by atoms with Crippen LogP contribution in [0.15, 0.2) is 53.7 Å². The van der Waals surface area contributed by atoms with Gasteiger partial charge in [0.05, 0.1) is 20.0 Å². The molecule has 0 bridgehead atoms. The third-order valence-corrected chi connectivity index (χ3v) is 6.41. The Morgan fingerprint density at radius 1 is 1.09 bits per heavy atom. The van der Waals surface area contributed by atoms with Crippen LogP contribution in [0.4, 0.5) is 0 Å². The van der Waals surface area contributed by atoms with Gasteiger partial charge in [0.1, 0.15) is 5.82 Å². The molecule has 1 heterocycles. The summed E-state index contributed by atoms with van der Waals surface area (Å²) in [7, 11) is 3.22. The van der Waals surface area contributed by atoms with Crippen molar-refractivity contribution in [3.05, 3.63) is 59.9 Å². The Hall–Kier alpha value is -3.00. The Morgan fingerprint density at radius 2 is 1.84 bits per heavy atom. The largest absolute Gasteiger partial charge is 0.493 e. The second-order valence-electron chi connectivity index (χ2n) is 7.67. The van der Waals surface area contributed by atoms with Gasteiger partial charge in [-0.05, 0) is 49.6 Å². The summed E-state index contributed by atoms with van der Waals surface area (Å²) in [5.41, 5.74) is 2.03. The molecule has 1 fully saturated rings. The third-order valence-electron chi connectivity index (χ3n) is 5.50. The second-order valence-corrected chi connectivity index (χ2v) is 8.61. The molecule has 1 amide bonds. The van der Waals surface area contributed by atoms with E-state index in [2.05, 4.69) is 26.9 Å². The van der Waals surface area contributed by atoms with Crippen molar-refractivity contribution in [3.63, 3.8) is 0 Å². The van der Waals surface area contributed by atoms with E-state index in [1.54, 1.807) is 14.2 Å². The highest BCUT2D eigenvalue weighted by Gasteiger charge is 2.31. The molecule has 7 nitrogen and oxygen atoms in total. The van der Waals surface area contributed by atoms with E-state index in [0.717, 1.165) is 35.1 Å². The molecule has 1 saturated carbocycles. The minimum atomic E-state index is 0.0582. The first-order chi connectivity index (χ1) is 15.6. The molecule has 0 aliphatic heterocycles. The molecule has 1 aromatic heterocycles. The SMILES string of the molecule is CCN(Cc1ccc(OC)c(OC)c1)C(=O)CSc1nnc(C2CC2)n1-c1ccccc1. The van der Waals surface area contributed by atoms with Gasteiger partial charge in [0.2, 0.25) is 5.91 Å². The molecular formula is C24H28N4O3S. The summed E-state index contributed by atoms with van der Waals surface area (Å²) in [4.78, 5) is 14.9. The van der Waals surface area contributed by atoms with E-state index in [1.165, 1.54) is 11.8 Å². The Morgan fingerprint density at radius 3 is 2.50 bits per heavy atom. The lowest BCUT2D eigenvalue weighted by atomic mass is 10.2. The van der Waals surface area contributed by atoms with Crippen LogP contribution in [-0.4, -0.2) is 52.1 Å². The molecular weight excluding hydrogens is 424 g/mol. The maximum absolute atomic E-state index is 13.0. The van der Waals surface area contributed by atoms with Crippen LogP contribution in [0.1, 0.15) is 37.1 Å². The maximum Gasteiger partial charge on any atom is 0.233 e. The fourth-order valence-corrected chi connectivity index (χ4v) is 4.46. The number of nitrogens with zero attached hydrogens (tertiary/aromatic N) is 4. The summed E-state index contributed by atoms with van der Waals surface area (Å²) in [5.74, 6) is 3.15. The summed E-state index contributed by atoms with van der Waals surface area (Å²) in [5, 5.41) is 9.61. The normalized spacial score (nSPS) is 13.1. The molecule has 8 heteroatoms. The van der Waals surface area contributed by atoms with E-state index in [1.807, 2.05) is 48.2 Å². The summed E-state index contributed by atoms with van der Waals surface area (Å²) < 4.78 is 12.8. The number of hydrogen-bond acceptors (Lipinski definition) is 6. The molecule has 0 unspecified atom stereocenters. The van der Waals surface area contributed by atoms with E-state index in [0.29, 0.717) is 36.3 Å². The van der Waals surface area contributed by atoms with Gasteiger partial charge in [0.25, 0.3) is 0 Å². The van der Waals surface area contributed by atoms with Gasteiger partial charge in [0, 0.05) is 24.7 Å². The molecule has 1 aliphatic rings. The zero-order valence-corrected chi connectivity index (χ0v) is 19.5. The number of ether oxygens (including phenoxy) is 2. The van der Waals surface area contributed by atoms with E-state index in [-0.39, 0.29) is 5.91 Å². The van der Waals surface area contributed by atoms with Crippen molar-refractivity contribution in [1.82, 2.24) is 19.7 Å². The summed E-state index contributed by atoms with van der Waals surface area (Å²) >= 11 is 1.44. The number of rotatable bonds is 10. The van der Waals surface area contributed by atoms with Gasteiger partial charge in [-0.1, -0.05) is 36.0 Å². The first-order valence-electron chi connectivity index (χ1n) is 10.8. The lowest BCUT2D eigenvalue weighted by Gasteiger charge is -2.21. The molecule has 0 N–H and O–H groups in total. The van der Waals surface area contributed by atoms with E-state index >= 15 is 0 Å². The summed E-state index contributed by atoms with van der Waals surface area (Å²) in [6, 6.07) is 15.8. The van der Waals surface area contributed by atoms with E-state index in [4.69, 9.17) is 9.47 Å². The van der Waals surface area contributed by atoms with Crippen molar-refractivity contribution in [2.24, 2.45) is 0 Å². The molecule has 32 heavy (non-hydrogen) atoms. The topological polar surface area (TPSA) is 69.5 Å². The van der Waals surface area contributed by atoms with Crippen molar-refractivity contribution >= 4 is 17.7 Å². The number of para-hydroxylation sites is 1. The molecule has 1 aliphatic carbocycles. The molecule has 3 aromatic rings. The van der Waals surface area contributed by atoms with Crippen LogP contribution < -0.4 is 9.47 Å². The highest BCUT2D eigenvalue weighted by Crippen LogP contribution is 2.41. The number of carbonyl (C=O) groups excluding carboxylic acids is 1. The quantitative estimate of drug-likeness (QED) is 0.427. The van der Waals surface area contributed by atoms with Crippen LogP contribution >= 0.6 is 11.8 Å². The number of methoxy groups -OCH3 is 2.